The zero-order chi connectivity index (χ0) is 15.6. The number of hydrogen-bond donors (Lipinski definition) is 1. The molecule has 0 radical (unpaired) electrons. The highest BCUT2D eigenvalue weighted by Crippen LogP contribution is 2.26. The summed E-state index contributed by atoms with van der Waals surface area (Å²) < 4.78 is 0. The zero-order valence-electron chi connectivity index (χ0n) is 12.0. The van der Waals surface area contributed by atoms with Crippen LogP contribution in [0.25, 0.3) is 0 Å². The van der Waals surface area contributed by atoms with E-state index in [0.29, 0.717) is 40.7 Å². The van der Waals surface area contributed by atoms with Gasteiger partial charge in [-0.25, -0.2) is 0 Å². The van der Waals surface area contributed by atoms with Crippen molar-refractivity contribution in [2.75, 3.05) is 18.4 Å². The Labute approximate surface area is 134 Å². The summed E-state index contributed by atoms with van der Waals surface area (Å²) in [5.41, 5.74) is 0.348. The number of nitrogens with one attached hydrogen (secondary N) is 1. The van der Waals surface area contributed by atoms with Gasteiger partial charge in [-0.15, -0.1) is 0 Å². The zero-order valence-corrected chi connectivity index (χ0v) is 13.5. The molecule has 0 aromatic heterocycles. The van der Waals surface area contributed by atoms with Crippen molar-refractivity contribution >= 4 is 40.7 Å². The quantitative estimate of drug-likeness (QED) is 0.803. The van der Waals surface area contributed by atoms with E-state index < -0.39 is 11.8 Å². The number of hydrogen-bond acceptors (Lipinski definition) is 2. The van der Waals surface area contributed by atoms with E-state index in [4.69, 9.17) is 23.2 Å². The lowest BCUT2D eigenvalue weighted by molar-refractivity contribution is -0.144. The van der Waals surface area contributed by atoms with Crippen molar-refractivity contribution in [1.82, 2.24) is 4.90 Å². The molecule has 0 spiro atoms. The van der Waals surface area contributed by atoms with Crippen LogP contribution >= 0.6 is 23.2 Å². The number of nitrogens with zero attached hydrogens (tertiary/aromatic N) is 1. The number of piperidine rings is 1. The first kappa shape index (κ1) is 16.1. The minimum Gasteiger partial charge on any atom is -0.334 e. The highest BCUT2D eigenvalue weighted by molar-refractivity contribution is 6.42. The van der Waals surface area contributed by atoms with Crippen molar-refractivity contribution in [3.05, 3.63) is 28.2 Å². The monoisotopic (exact) mass is 328 g/mol. The maximum absolute atomic E-state index is 12.2. The summed E-state index contributed by atoms with van der Waals surface area (Å²) in [4.78, 5) is 25.9. The summed E-state index contributed by atoms with van der Waals surface area (Å²) in [5.74, 6) is -0.398. The lowest BCUT2D eigenvalue weighted by Crippen LogP contribution is -2.47. The Morgan fingerprint density at radius 3 is 2.43 bits per heavy atom. The number of halogens is 2. The van der Waals surface area contributed by atoms with Gasteiger partial charge < -0.3 is 10.2 Å². The Morgan fingerprint density at radius 1 is 1.19 bits per heavy atom. The third-order valence-corrected chi connectivity index (χ3v) is 4.09. The molecule has 1 saturated heterocycles. The number of carbonyl (C=O) groups excluding carboxylic acids is 2. The first-order chi connectivity index (χ1) is 9.86. The summed E-state index contributed by atoms with van der Waals surface area (Å²) in [5, 5.41) is 3.33. The summed E-state index contributed by atoms with van der Waals surface area (Å²) in [6.07, 6.45) is 1.07. The molecule has 2 rings (SSSR count). The van der Waals surface area contributed by atoms with E-state index in [1.807, 2.05) is 0 Å². The molecule has 0 saturated carbocycles. The fourth-order valence-corrected chi connectivity index (χ4v) is 3.08. The van der Waals surface area contributed by atoms with E-state index in [2.05, 4.69) is 19.2 Å². The molecule has 1 fully saturated rings. The van der Waals surface area contributed by atoms with Gasteiger partial charge in [-0.3, -0.25) is 9.59 Å². The maximum atomic E-state index is 12.2. The molecule has 1 N–H and O–H groups in total. The van der Waals surface area contributed by atoms with E-state index in [9.17, 15) is 9.59 Å². The van der Waals surface area contributed by atoms with Crippen LogP contribution in [0.2, 0.25) is 10.0 Å². The van der Waals surface area contributed by atoms with Gasteiger partial charge in [0.05, 0.1) is 10.7 Å². The number of rotatable bonds is 1. The van der Waals surface area contributed by atoms with Crippen molar-refractivity contribution in [2.45, 2.75) is 20.3 Å². The molecule has 4 nitrogen and oxygen atoms in total. The Kier molecular flexibility index (Phi) is 5.12. The third-order valence-electron chi connectivity index (χ3n) is 3.53. The number of carbonyl (C=O) groups is 2. The molecular weight excluding hydrogens is 311 g/mol. The maximum Gasteiger partial charge on any atom is 0.313 e. The van der Waals surface area contributed by atoms with Crippen molar-refractivity contribution in [3.63, 3.8) is 0 Å². The lowest BCUT2D eigenvalue weighted by Gasteiger charge is -2.34. The van der Waals surface area contributed by atoms with Gasteiger partial charge in [-0.05, 0) is 36.5 Å². The van der Waals surface area contributed by atoms with E-state index in [1.165, 1.54) is 6.07 Å². The molecular formula is C15H18Cl2N2O2. The van der Waals surface area contributed by atoms with Gasteiger partial charge in [0.2, 0.25) is 0 Å². The van der Waals surface area contributed by atoms with Gasteiger partial charge in [0.15, 0.2) is 0 Å². The number of likely N-dealkylation sites (tertiary alicyclic amines) is 1. The van der Waals surface area contributed by atoms with Gasteiger partial charge in [0.1, 0.15) is 0 Å². The van der Waals surface area contributed by atoms with Crippen molar-refractivity contribution in [3.8, 4) is 0 Å². The lowest BCUT2D eigenvalue weighted by atomic mass is 9.92. The molecule has 2 amide bonds. The highest BCUT2D eigenvalue weighted by Gasteiger charge is 2.29. The van der Waals surface area contributed by atoms with Crippen LogP contribution in [0.15, 0.2) is 18.2 Å². The first-order valence-electron chi connectivity index (χ1n) is 6.92. The van der Waals surface area contributed by atoms with Crippen LogP contribution in [0.3, 0.4) is 0 Å². The van der Waals surface area contributed by atoms with Crippen LogP contribution in [0, 0.1) is 11.8 Å². The van der Waals surface area contributed by atoms with E-state index in [0.717, 1.165) is 6.42 Å². The largest absolute Gasteiger partial charge is 0.334 e. The van der Waals surface area contributed by atoms with Gasteiger partial charge >= 0.3 is 11.8 Å². The van der Waals surface area contributed by atoms with Crippen LogP contribution in [0.4, 0.5) is 5.69 Å². The molecule has 114 valence electrons. The van der Waals surface area contributed by atoms with Crippen LogP contribution in [-0.2, 0) is 9.59 Å². The average molecular weight is 329 g/mol. The SMILES string of the molecule is CC1CC(C)CN(C(=O)C(=O)Nc2cc(Cl)ccc2Cl)C1. The van der Waals surface area contributed by atoms with Gasteiger partial charge in [-0.1, -0.05) is 37.0 Å². The molecule has 21 heavy (non-hydrogen) atoms. The van der Waals surface area contributed by atoms with Gasteiger partial charge in [0.25, 0.3) is 0 Å². The Balaban J connectivity index is 2.06. The Hall–Kier alpha value is -1.26. The molecule has 0 bridgehead atoms. The molecule has 2 atom stereocenters. The molecule has 2 unspecified atom stereocenters. The summed E-state index contributed by atoms with van der Waals surface area (Å²) in [6.45, 7) is 5.39. The molecule has 1 aromatic carbocycles. The number of amides is 2. The first-order valence-corrected chi connectivity index (χ1v) is 7.67. The van der Waals surface area contributed by atoms with Gasteiger partial charge in [-0.2, -0.15) is 0 Å². The minimum atomic E-state index is -0.680. The van der Waals surface area contributed by atoms with E-state index >= 15 is 0 Å². The summed E-state index contributed by atoms with van der Waals surface area (Å²) in [6, 6.07) is 4.72. The van der Waals surface area contributed by atoms with Crippen molar-refractivity contribution in [1.29, 1.82) is 0 Å². The smallest absolute Gasteiger partial charge is 0.313 e. The summed E-state index contributed by atoms with van der Waals surface area (Å²) >= 11 is 11.8. The fraction of sp³-hybridized carbons (Fsp3) is 0.467. The molecule has 1 aliphatic heterocycles. The topological polar surface area (TPSA) is 49.4 Å². The molecule has 1 aliphatic rings. The second-order valence-corrected chi connectivity index (χ2v) is 6.58. The Bertz CT molecular complexity index is 553. The van der Waals surface area contributed by atoms with E-state index in [-0.39, 0.29) is 0 Å². The van der Waals surface area contributed by atoms with Crippen LogP contribution in [0.1, 0.15) is 20.3 Å². The number of benzene rings is 1. The fourth-order valence-electron chi connectivity index (χ4n) is 2.74. The normalized spacial score (nSPS) is 22.0. The van der Waals surface area contributed by atoms with Crippen molar-refractivity contribution in [2.24, 2.45) is 11.8 Å². The Morgan fingerprint density at radius 2 is 1.81 bits per heavy atom. The predicted octanol–water partition coefficient (Wildman–Crippen LogP) is 3.44. The average Bonchev–Trinajstić information content (AvgIpc) is 2.41. The minimum absolute atomic E-state index is 0.348. The second kappa shape index (κ2) is 6.67. The van der Waals surface area contributed by atoms with Crippen molar-refractivity contribution < 1.29 is 9.59 Å². The molecule has 6 heteroatoms. The number of anilines is 1. The van der Waals surface area contributed by atoms with Crippen LogP contribution in [0.5, 0.6) is 0 Å². The standard InChI is InChI=1S/C15H18Cl2N2O2/c1-9-5-10(2)8-19(7-9)15(21)14(20)18-13-6-11(16)3-4-12(13)17/h3-4,6,9-10H,5,7-8H2,1-2H3,(H,18,20). The van der Waals surface area contributed by atoms with Gasteiger partial charge in [0, 0.05) is 18.1 Å². The third kappa shape index (κ3) is 4.11. The van der Waals surface area contributed by atoms with E-state index in [1.54, 1.807) is 17.0 Å². The predicted molar refractivity (Wildman–Crippen MR) is 84.6 cm³/mol. The molecule has 1 heterocycles. The second-order valence-electron chi connectivity index (χ2n) is 5.73. The van der Waals surface area contributed by atoms with Crippen LogP contribution in [-0.4, -0.2) is 29.8 Å². The highest BCUT2D eigenvalue weighted by atomic mass is 35.5. The van der Waals surface area contributed by atoms with Crippen LogP contribution < -0.4 is 5.32 Å². The molecule has 1 aromatic rings. The summed E-state index contributed by atoms with van der Waals surface area (Å²) in [7, 11) is 0. The molecule has 0 aliphatic carbocycles.